The fraction of sp³-hybridized carbons (Fsp3) is 0.231. The summed E-state index contributed by atoms with van der Waals surface area (Å²) in [6, 6.07) is 3.92. The summed E-state index contributed by atoms with van der Waals surface area (Å²) in [6.07, 6.45) is 5.41. The molecule has 0 aliphatic heterocycles. The molecule has 0 radical (unpaired) electrons. The molecule has 0 unspecified atom stereocenters. The molecule has 4 nitrogen and oxygen atoms in total. The first-order chi connectivity index (χ1) is 8.42. The van der Waals surface area contributed by atoms with E-state index in [4.69, 9.17) is 0 Å². The van der Waals surface area contributed by atoms with E-state index in [2.05, 4.69) is 32.3 Å². The van der Waals surface area contributed by atoms with Gasteiger partial charge in [-0.3, -0.25) is 10.1 Å². The maximum Gasteiger partial charge on any atom is 0.0710 e. The molecule has 0 aliphatic rings. The molecule has 2 aromatic heterocycles. The van der Waals surface area contributed by atoms with Gasteiger partial charge in [0.05, 0.1) is 18.4 Å². The van der Waals surface area contributed by atoms with Crippen molar-refractivity contribution in [3.63, 3.8) is 0 Å². The molecular weight excluding hydrogens is 212 g/mol. The Labute approximate surface area is 100 Å². The predicted octanol–water partition coefficient (Wildman–Crippen LogP) is 1.58. The minimum atomic E-state index is 0.689. The average molecular weight is 226 g/mol. The molecule has 0 amide bonds. The first-order valence-electron chi connectivity index (χ1n) is 5.45. The van der Waals surface area contributed by atoms with Crippen molar-refractivity contribution in [2.24, 2.45) is 0 Å². The molecule has 17 heavy (non-hydrogen) atoms. The summed E-state index contributed by atoms with van der Waals surface area (Å²) in [7, 11) is 0. The van der Waals surface area contributed by atoms with E-state index in [1.807, 2.05) is 31.5 Å². The summed E-state index contributed by atoms with van der Waals surface area (Å²) in [4.78, 5) is 4.10. The second-order valence-corrected chi connectivity index (χ2v) is 3.54. The highest BCUT2D eigenvalue weighted by Crippen LogP contribution is 2.19. The maximum absolute atomic E-state index is 4.10. The van der Waals surface area contributed by atoms with Gasteiger partial charge in [-0.2, -0.15) is 5.10 Å². The third-order valence-corrected chi connectivity index (χ3v) is 2.37. The molecule has 0 saturated heterocycles. The zero-order valence-electron chi connectivity index (χ0n) is 9.70. The highest BCUT2D eigenvalue weighted by Gasteiger charge is 2.06. The van der Waals surface area contributed by atoms with Crippen LogP contribution in [0, 0.1) is 11.8 Å². The zero-order chi connectivity index (χ0) is 11.9. The average Bonchev–Trinajstić information content (AvgIpc) is 2.84. The molecule has 0 aliphatic carbocycles. The normalized spacial score (nSPS) is 9.71. The van der Waals surface area contributed by atoms with Crippen molar-refractivity contribution in [2.75, 3.05) is 6.54 Å². The van der Waals surface area contributed by atoms with Crippen LogP contribution < -0.4 is 5.32 Å². The van der Waals surface area contributed by atoms with Gasteiger partial charge in [-0.25, -0.2) is 0 Å². The van der Waals surface area contributed by atoms with Crippen molar-refractivity contribution >= 4 is 0 Å². The Morgan fingerprint density at radius 1 is 1.41 bits per heavy atom. The van der Waals surface area contributed by atoms with Crippen LogP contribution >= 0.6 is 0 Å². The molecule has 0 aromatic carbocycles. The number of nitrogens with one attached hydrogen (secondary N) is 2. The van der Waals surface area contributed by atoms with Crippen LogP contribution in [-0.4, -0.2) is 21.7 Å². The Morgan fingerprint density at radius 3 is 3.12 bits per heavy atom. The zero-order valence-corrected chi connectivity index (χ0v) is 9.70. The van der Waals surface area contributed by atoms with Crippen LogP contribution in [0.15, 0.2) is 30.7 Å². The number of pyridine rings is 1. The second kappa shape index (κ2) is 5.83. The van der Waals surface area contributed by atoms with Gasteiger partial charge in [-0.05, 0) is 19.1 Å². The summed E-state index contributed by atoms with van der Waals surface area (Å²) in [5.74, 6) is 5.81. The van der Waals surface area contributed by atoms with Crippen molar-refractivity contribution in [3.8, 4) is 23.1 Å². The van der Waals surface area contributed by atoms with Gasteiger partial charge in [0.2, 0.25) is 0 Å². The first-order valence-corrected chi connectivity index (χ1v) is 5.45. The fourth-order valence-electron chi connectivity index (χ4n) is 1.55. The third kappa shape index (κ3) is 2.92. The van der Waals surface area contributed by atoms with Crippen LogP contribution in [0.1, 0.15) is 12.5 Å². The Bertz CT molecular complexity index is 519. The minimum absolute atomic E-state index is 0.689. The molecule has 2 heterocycles. The highest BCUT2D eigenvalue weighted by molar-refractivity contribution is 5.61. The van der Waals surface area contributed by atoms with Gasteiger partial charge in [0, 0.05) is 30.1 Å². The fourth-order valence-corrected chi connectivity index (χ4v) is 1.55. The number of nitrogens with zero attached hydrogens (tertiary/aromatic N) is 2. The molecule has 0 atom stereocenters. The number of aromatic amines is 1. The molecule has 2 rings (SSSR count). The van der Waals surface area contributed by atoms with E-state index in [1.165, 1.54) is 0 Å². The Kier molecular flexibility index (Phi) is 3.90. The molecule has 86 valence electrons. The highest BCUT2D eigenvalue weighted by atomic mass is 15.1. The molecular formula is C13H14N4. The number of aromatic nitrogens is 3. The van der Waals surface area contributed by atoms with Gasteiger partial charge in [0.15, 0.2) is 0 Å². The van der Waals surface area contributed by atoms with E-state index in [9.17, 15) is 0 Å². The van der Waals surface area contributed by atoms with Crippen LogP contribution in [-0.2, 0) is 6.54 Å². The van der Waals surface area contributed by atoms with Gasteiger partial charge < -0.3 is 5.32 Å². The first kappa shape index (κ1) is 11.4. The summed E-state index contributed by atoms with van der Waals surface area (Å²) < 4.78 is 0. The monoisotopic (exact) mass is 226 g/mol. The van der Waals surface area contributed by atoms with Crippen LogP contribution in [0.4, 0.5) is 0 Å². The van der Waals surface area contributed by atoms with Crippen molar-refractivity contribution in [2.45, 2.75) is 13.5 Å². The van der Waals surface area contributed by atoms with E-state index in [0.29, 0.717) is 6.54 Å². The quantitative estimate of drug-likeness (QED) is 0.615. The summed E-state index contributed by atoms with van der Waals surface area (Å²) >= 11 is 0. The summed E-state index contributed by atoms with van der Waals surface area (Å²) in [6.45, 7) is 3.27. The number of hydrogen-bond acceptors (Lipinski definition) is 3. The summed E-state index contributed by atoms with van der Waals surface area (Å²) in [5, 5.41) is 10.3. The lowest BCUT2D eigenvalue weighted by Crippen LogP contribution is -2.13. The second-order valence-electron chi connectivity index (χ2n) is 3.54. The van der Waals surface area contributed by atoms with E-state index in [1.54, 1.807) is 6.20 Å². The SMILES string of the molecule is CC#CCNCc1cn[nH]c1-c1cccnc1. The van der Waals surface area contributed by atoms with Gasteiger partial charge in [-0.1, -0.05) is 5.92 Å². The van der Waals surface area contributed by atoms with Crippen molar-refractivity contribution < 1.29 is 0 Å². The molecule has 0 spiro atoms. The van der Waals surface area contributed by atoms with E-state index in [-0.39, 0.29) is 0 Å². The number of H-pyrrole nitrogens is 1. The minimum Gasteiger partial charge on any atom is -0.302 e. The smallest absolute Gasteiger partial charge is 0.0710 e. The van der Waals surface area contributed by atoms with Crippen LogP contribution in [0.2, 0.25) is 0 Å². The Balaban J connectivity index is 2.09. The lowest BCUT2D eigenvalue weighted by atomic mass is 10.1. The van der Waals surface area contributed by atoms with Crippen LogP contribution in [0.5, 0.6) is 0 Å². The van der Waals surface area contributed by atoms with Crippen molar-refractivity contribution in [1.29, 1.82) is 0 Å². The molecule has 4 heteroatoms. The molecule has 2 aromatic rings. The maximum atomic E-state index is 4.10. The standard InChI is InChI=1S/C13H14N4/c1-2-3-6-14-9-12-10-16-17-13(12)11-5-4-7-15-8-11/h4-5,7-8,10,14H,6,9H2,1H3,(H,16,17). The van der Waals surface area contributed by atoms with Gasteiger partial charge >= 0.3 is 0 Å². The van der Waals surface area contributed by atoms with Gasteiger partial charge in [0.25, 0.3) is 0 Å². The van der Waals surface area contributed by atoms with Gasteiger partial charge in [0.1, 0.15) is 0 Å². The topological polar surface area (TPSA) is 53.6 Å². The van der Waals surface area contributed by atoms with Gasteiger partial charge in [-0.15, -0.1) is 5.92 Å². The Hall–Kier alpha value is -2.12. The van der Waals surface area contributed by atoms with Crippen LogP contribution in [0.25, 0.3) is 11.3 Å². The lowest BCUT2D eigenvalue weighted by molar-refractivity contribution is 0.771. The molecule has 0 bridgehead atoms. The van der Waals surface area contributed by atoms with Crippen molar-refractivity contribution in [1.82, 2.24) is 20.5 Å². The Morgan fingerprint density at radius 2 is 2.35 bits per heavy atom. The van der Waals surface area contributed by atoms with Crippen molar-refractivity contribution in [3.05, 3.63) is 36.3 Å². The molecule has 0 saturated carbocycles. The number of rotatable bonds is 4. The largest absolute Gasteiger partial charge is 0.302 e. The number of hydrogen-bond donors (Lipinski definition) is 2. The van der Waals surface area contributed by atoms with E-state index in [0.717, 1.165) is 23.4 Å². The summed E-state index contributed by atoms with van der Waals surface area (Å²) in [5.41, 5.74) is 3.18. The molecule has 2 N–H and O–H groups in total. The predicted molar refractivity (Wildman–Crippen MR) is 67.0 cm³/mol. The molecule has 0 fully saturated rings. The lowest BCUT2D eigenvalue weighted by Gasteiger charge is -2.02. The van der Waals surface area contributed by atoms with E-state index >= 15 is 0 Å². The van der Waals surface area contributed by atoms with Crippen LogP contribution in [0.3, 0.4) is 0 Å². The third-order valence-electron chi connectivity index (χ3n) is 2.37. The van der Waals surface area contributed by atoms with E-state index < -0.39 is 0 Å².